The summed E-state index contributed by atoms with van der Waals surface area (Å²) in [6.45, 7) is 2.64. The van der Waals surface area contributed by atoms with Crippen molar-refractivity contribution in [2.24, 2.45) is 5.73 Å². The molecule has 4 nitrogen and oxygen atoms in total. The van der Waals surface area contributed by atoms with Crippen LogP contribution in [0.5, 0.6) is 0 Å². The number of nitrogens with zero attached hydrogens (tertiary/aromatic N) is 2. The summed E-state index contributed by atoms with van der Waals surface area (Å²) >= 11 is 5.14. The summed E-state index contributed by atoms with van der Waals surface area (Å²) in [5, 5.41) is 0. The lowest BCUT2D eigenvalue weighted by Gasteiger charge is -2.41. The van der Waals surface area contributed by atoms with Gasteiger partial charge in [-0.1, -0.05) is 42.5 Å². The highest BCUT2D eigenvalue weighted by Gasteiger charge is 2.37. The zero-order valence-electron chi connectivity index (χ0n) is 12.1. The fraction of sp³-hybridized carbons (Fsp3) is 0.500. The Labute approximate surface area is 130 Å². The maximum atomic E-state index is 11.8. The fourth-order valence-corrected chi connectivity index (χ4v) is 3.65. The van der Waals surface area contributed by atoms with Gasteiger partial charge in [0.25, 0.3) is 0 Å². The number of carbonyl (C=O) groups is 1. The van der Waals surface area contributed by atoms with Crippen molar-refractivity contribution < 1.29 is 4.79 Å². The Morgan fingerprint density at radius 3 is 2.81 bits per heavy atom. The van der Waals surface area contributed by atoms with E-state index in [0.717, 1.165) is 26.1 Å². The standard InChI is InChI=1S/C16H21N3OS/c17-15(21)10-14(12-4-2-1-3-5-12)18-8-9-19-13(11-18)6-7-16(19)20/h1-5,13-14H,6-11H2,(H2,17,21). The van der Waals surface area contributed by atoms with E-state index in [2.05, 4.69) is 29.2 Å². The number of hydrogen-bond donors (Lipinski definition) is 1. The van der Waals surface area contributed by atoms with E-state index in [-0.39, 0.29) is 6.04 Å². The lowest BCUT2D eigenvalue weighted by atomic mass is 9.99. The van der Waals surface area contributed by atoms with Crippen molar-refractivity contribution in [3.05, 3.63) is 35.9 Å². The zero-order chi connectivity index (χ0) is 14.8. The minimum absolute atomic E-state index is 0.224. The molecule has 2 saturated heterocycles. The summed E-state index contributed by atoms with van der Waals surface area (Å²) in [7, 11) is 0. The number of carbonyl (C=O) groups excluding carboxylic acids is 1. The molecule has 2 heterocycles. The van der Waals surface area contributed by atoms with Gasteiger partial charge in [0.2, 0.25) is 5.91 Å². The van der Waals surface area contributed by atoms with Crippen LogP contribution in [0.4, 0.5) is 0 Å². The van der Waals surface area contributed by atoms with Crippen molar-refractivity contribution in [2.45, 2.75) is 31.3 Å². The normalized spacial score (nSPS) is 23.9. The SMILES string of the molecule is NC(=S)CC(c1ccccc1)N1CCN2C(=O)CCC2C1. The number of amides is 1. The quantitative estimate of drug-likeness (QED) is 0.860. The molecule has 3 rings (SSSR count). The van der Waals surface area contributed by atoms with Crippen molar-refractivity contribution in [1.29, 1.82) is 0 Å². The number of piperazine rings is 1. The Morgan fingerprint density at radius 1 is 1.33 bits per heavy atom. The maximum absolute atomic E-state index is 11.8. The number of hydrogen-bond acceptors (Lipinski definition) is 3. The molecule has 0 bridgehead atoms. The highest BCUT2D eigenvalue weighted by molar-refractivity contribution is 7.80. The molecule has 0 spiro atoms. The topological polar surface area (TPSA) is 49.6 Å². The predicted octanol–water partition coefficient (Wildman–Crippen LogP) is 1.71. The third-order valence-electron chi connectivity index (χ3n) is 4.55. The van der Waals surface area contributed by atoms with E-state index in [0.29, 0.717) is 29.8 Å². The Bertz CT molecular complexity index is 534. The largest absolute Gasteiger partial charge is 0.393 e. The van der Waals surface area contributed by atoms with Crippen LogP contribution in [0.2, 0.25) is 0 Å². The van der Waals surface area contributed by atoms with Gasteiger partial charge >= 0.3 is 0 Å². The molecule has 2 aliphatic heterocycles. The van der Waals surface area contributed by atoms with Crippen molar-refractivity contribution in [3.63, 3.8) is 0 Å². The highest BCUT2D eigenvalue weighted by atomic mass is 32.1. The molecule has 1 aromatic carbocycles. The molecule has 0 radical (unpaired) electrons. The molecule has 0 saturated carbocycles. The number of thiocarbonyl (C=S) groups is 1. The monoisotopic (exact) mass is 303 g/mol. The van der Waals surface area contributed by atoms with E-state index in [9.17, 15) is 4.79 Å². The molecule has 1 amide bonds. The summed E-state index contributed by atoms with van der Waals surface area (Å²) in [6, 6.07) is 11.0. The van der Waals surface area contributed by atoms with Crippen molar-refractivity contribution in [2.75, 3.05) is 19.6 Å². The molecular formula is C16H21N3OS. The van der Waals surface area contributed by atoms with Gasteiger partial charge in [0.1, 0.15) is 0 Å². The first kappa shape index (κ1) is 14.5. The first-order valence-corrected chi connectivity index (χ1v) is 7.93. The summed E-state index contributed by atoms with van der Waals surface area (Å²) < 4.78 is 0. The molecule has 2 unspecified atom stereocenters. The van der Waals surface area contributed by atoms with E-state index in [1.165, 1.54) is 5.56 Å². The molecule has 0 aliphatic carbocycles. The van der Waals surface area contributed by atoms with Crippen LogP contribution in [0.3, 0.4) is 0 Å². The Kier molecular flexibility index (Phi) is 4.22. The second kappa shape index (κ2) is 6.12. The van der Waals surface area contributed by atoms with Crippen LogP contribution in [0.25, 0.3) is 0 Å². The second-order valence-corrected chi connectivity index (χ2v) is 6.40. The summed E-state index contributed by atoms with van der Waals surface area (Å²) in [5.74, 6) is 0.310. The van der Waals surface area contributed by atoms with Gasteiger partial charge in [0.05, 0.1) is 4.99 Å². The van der Waals surface area contributed by atoms with Gasteiger partial charge in [0, 0.05) is 44.6 Å². The predicted molar refractivity (Wildman–Crippen MR) is 86.9 cm³/mol. The lowest BCUT2D eigenvalue weighted by Crippen LogP contribution is -2.52. The van der Waals surface area contributed by atoms with Gasteiger partial charge in [-0.15, -0.1) is 0 Å². The smallest absolute Gasteiger partial charge is 0.222 e. The van der Waals surface area contributed by atoms with Crippen LogP contribution in [0, 0.1) is 0 Å². The van der Waals surface area contributed by atoms with Gasteiger partial charge in [0.15, 0.2) is 0 Å². The molecular weight excluding hydrogens is 282 g/mol. The van der Waals surface area contributed by atoms with Crippen LogP contribution in [-0.2, 0) is 4.79 Å². The molecule has 2 aliphatic rings. The van der Waals surface area contributed by atoms with Crippen LogP contribution in [-0.4, -0.2) is 46.4 Å². The maximum Gasteiger partial charge on any atom is 0.222 e. The average Bonchev–Trinajstić information content (AvgIpc) is 2.86. The number of benzene rings is 1. The molecule has 0 aromatic heterocycles. The molecule has 5 heteroatoms. The third kappa shape index (κ3) is 3.09. The summed E-state index contributed by atoms with van der Waals surface area (Å²) in [5.41, 5.74) is 7.06. The Balaban J connectivity index is 1.78. The minimum Gasteiger partial charge on any atom is -0.393 e. The fourth-order valence-electron chi connectivity index (χ4n) is 3.50. The molecule has 2 fully saturated rings. The second-order valence-electron chi connectivity index (χ2n) is 5.87. The molecule has 2 N–H and O–H groups in total. The lowest BCUT2D eigenvalue weighted by molar-refractivity contribution is -0.131. The van der Waals surface area contributed by atoms with E-state index < -0.39 is 0 Å². The average molecular weight is 303 g/mol. The minimum atomic E-state index is 0.224. The molecule has 2 atom stereocenters. The van der Waals surface area contributed by atoms with Crippen LogP contribution in [0.1, 0.15) is 30.9 Å². The van der Waals surface area contributed by atoms with E-state index in [1.54, 1.807) is 0 Å². The zero-order valence-corrected chi connectivity index (χ0v) is 12.9. The van der Waals surface area contributed by atoms with Crippen molar-refractivity contribution in [1.82, 2.24) is 9.80 Å². The molecule has 112 valence electrons. The van der Waals surface area contributed by atoms with Crippen molar-refractivity contribution in [3.8, 4) is 0 Å². The van der Waals surface area contributed by atoms with Crippen LogP contribution < -0.4 is 5.73 Å². The van der Waals surface area contributed by atoms with E-state index >= 15 is 0 Å². The van der Waals surface area contributed by atoms with Crippen LogP contribution >= 0.6 is 12.2 Å². The first-order valence-electron chi connectivity index (χ1n) is 7.52. The molecule has 21 heavy (non-hydrogen) atoms. The van der Waals surface area contributed by atoms with Gasteiger partial charge < -0.3 is 10.6 Å². The summed E-state index contributed by atoms with van der Waals surface area (Å²) in [4.78, 5) is 16.8. The van der Waals surface area contributed by atoms with Gasteiger partial charge in [-0.3, -0.25) is 9.69 Å². The number of nitrogens with two attached hydrogens (primary N) is 1. The molecule has 1 aromatic rings. The van der Waals surface area contributed by atoms with Crippen LogP contribution in [0.15, 0.2) is 30.3 Å². The Hall–Kier alpha value is -1.46. The number of fused-ring (bicyclic) bond motifs is 1. The van der Waals surface area contributed by atoms with E-state index in [1.807, 2.05) is 11.0 Å². The highest BCUT2D eigenvalue weighted by Crippen LogP contribution is 2.30. The number of rotatable bonds is 4. The van der Waals surface area contributed by atoms with Gasteiger partial charge in [-0.05, 0) is 12.0 Å². The van der Waals surface area contributed by atoms with Gasteiger partial charge in [-0.2, -0.15) is 0 Å². The third-order valence-corrected chi connectivity index (χ3v) is 4.71. The Morgan fingerprint density at radius 2 is 2.10 bits per heavy atom. The summed E-state index contributed by atoms with van der Waals surface area (Å²) in [6.07, 6.45) is 2.37. The van der Waals surface area contributed by atoms with E-state index in [4.69, 9.17) is 18.0 Å². The van der Waals surface area contributed by atoms with Crippen molar-refractivity contribution >= 4 is 23.1 Å². The first-order chi connectivity index (χ1) is 10.1. The van der Waals surface area contributed by atoms with Gasteiger partial charge in [-0.25, -0.2) is 0 Å².